The summed E-state index contributed by atoms with van der Waals surface area (Å²) in [4.78, 5) is 31.2. The topological polar surface area (TPSA) is 96.4 Å². The lowest BCUT2D eigenvalue weighted by Crippen LogP contribution is -2.37. The molecule has 146 valence electrons. The molecule has 1 fully saturated rings. The molecule has 2 aliphatic rings. The molecule has 3 heterocycles. The number of carbonyl (C=O) groups excluding carboxylic acids is 2. The van der Waals surface area contributed by atoms with Gasteiger partial charge in [0.15, 0.2) is 9.84 Å². The summed E-state index contributed by atoms with van der Waals surface area (Å²) >= 11 is 0. The fourth-order valence-corrected chi connectivity index (χ4v) is 5.37. The smallest absolute Gasteiger partial charge is 0.272 e. The molecule has 2 amide bonds. The van der Waals surface area contributed by atoms with E-state index in [-0.39, 0.29) is 35.1 Å². The minimum absolute atomic E-state index is 0.0389. The first-order chi connectivity index (χ1) is 13.4. The van der Waals surface area contributed by atoms with E-state index in [4.69, 9.17) is 0 Å². The van der Waals surface area contributed by atoms with E-state index in [0.717, 1.165) is 12.0 Å². The third-order valence-corrected chi connectivity index (χ3v) is 6.99. The Bertz CT molecular complexity index is 1040. The SMILES string of the molecule is O=C(NC1CCS(=O)(=O)C1)c1ccnc(C(=O)N2CCc3ccccc3C2)c1. The van der Waals surface area contributed by atoms with Crippen LogP contribution in [0.1, 0.15) is 38.4 Å². The summed E-state index contributed by atoms with van der Waals surface area (Å²) < 4.78 is 23.1. The number of carbonyl (C=O) groups is 2. The number of fused-ring (bicyclic) bond motifs is 1. The van der Waals surface area contributed by atoms with E-state index in [9.17, 15) is 18.0 Å². The van der Waals surface area contributed by atoms with Gasteiger partial charge in [-0.25, -0.2) is 8.42 Å². The summed E-state index contributed by atoms with van der Waals surface area (Å²) in [5, 5.41) is 2.74. The Morgan fingerprint density at radius 1 is 1.14 bits per heavy atom. The molecular formula is C20H21N3O4S. The highest BCUT2D eigenvalue weighted by molar-refractivity contribution is 7.91. The van der Waals surface area contributed by atoms with Gasteiger partial charge in [0.1, 0.15) is 5.69 Å². The third-order valence-electron chi connectivity index (χ3n) is 5.23. The zero-order chi connectivity index (χ0) is 19.7. The molecule has 28 heavy (non-hydrogen) atoms. The second kappa shape index (κ2) is 7.35. The molecule has 1 saturated heterocycles. The van der Waals surface area contributed by atoms with Crippen LogP contribution in [0.2, 0.25) is 0 Å². The monoisotopic (exact) mass is 399 g/mol. The number of sulfone groups is 1. The van der Waals surface area contributed by atoms with Gasteiger partial charge in [-0.05, 0) is 36.1 Å². The Labute approximate surface area is 163 Å². The first-order valence-corrected chi connectivity index (χ1v) is 11.1. The van der Waals surface area contributed by atoms with E-state index in [1.165, 1.54) is 23.9 Å². The third kappa shape index (κ3) is 3.91. The van der Waals surface area contributed by atoms with E-state index in [2.05, 4.69) is 16.4 Å². The summed E-state index contributed by atoms with van der Waals surface area (Å²) in [6, 6.07) is 10.7. The number of benzene rings is 1. The second-order valence-electron chi connectivity index (χ2n) is 7.25. The number of nitrogens with zero attached hydrogens (tertiary/aromatic N) is 2. The lowest BCUT2D eigenvalue weighted by Gasteiger charge is -2.28. The second-order valence-corrected chi connectivity index (χ2v) is 9.48. The lowest BCUT2D eigenvalue weighted by atomic mass is 9.99. The maximum absolute atomic E-state index is 12.9. The number of pyridine rings is 1. The van der Waals surface area contributed by atoms with E-state index < -0.39 is 9.84 Å². The van der Waals surface area contributed by atoms with Gasteiger partial charge in [0, 0.05) is 30.9 Å². The van der Waals surface area contributed by atoms with Gasteiger partial charge in [-0.2, -0.15) is 0 Å². The van der Waals surface area contributed by atoms with Crippen LogP contribution in [0.25, 0.3) is 0 Å². The predicted molar refractivity (Wildman–Crippen MR) is 104 cm³/mol. The average Bonchev–Trinajstić information content (AvgIpc) is 3.05. The van der Waals surface area contributed by atoms with Crippen LogP contribution in [0.5, 0.6) is 0 Å². The highest BCUT2D eigenvalue weighted by atomic mass is 32.2. The molecule has 0 aliphatic carbocycles. The minimum atomic E-state index is -3.07. The standard InChI is InChI=1S/C20H21N3O4S/c24-19(22-17-7-10-28(26,27)13-17)15-5-8-21-18(11-15)20(25)23-9-6-14-3-1-2-4-16(14)12-23/h1-5,8,11,17H,6-7,9-10,12-13H2,(H,22,24). The van der Waals surface area contributed by atoms with Crippen LogP contribution in [0.3, 0.4) is 0 Å². The van der Waals surface area contributed by atoms with Gasteiger partial charge >= 0.3 is 0 Å². The van der Waals surface area contributed by atoms with Crippen LogP contribution in [0.4, 0.5) is 0 Å². The maximum Gasteiger partial charge on any atom is 0.272 e. The molecule has 1 aromatic heterocycles. The molecule has 2 aliphatic heterocycles. The Hall–Kier alpha value is -2.74. The summed E-state index contributed by atoms with van der Waals surface area (Å²) in [6.45, 7) is 1.13. The fraction of sp³-hybridized carbons (Fsp3) is 0.350. The van der Waals surface area contributed by atoms with Crippen molar-refractivity contribution in [2.45, 2.75) is 25.4 Å². The molecule has 4 rings (SSSR count). The first kappa shape index (κ1) is 18.6. The van der Waals surface area contributed by atoms with Crippen molar-refractivity contribution in [1.82, 2.24) is 15.2 Å². The fourth-order valence-electron chi connectivity index (χ4n) is 3.70. The van der Waals surface area contributed by atoms with Gasteiger partial charge in [-0.1, -0.05) is 24.3 Å². The number of aromatic nitrogens is 1. The molecule has 0 bridgehead atoms. The van der Waals surface area contributed by atoms with Crippen molar-refractivity contribution in [3.63, 3.8) is 0 Å². The highest BCUT2D eigenvalue weighted by Gasteiger charge is 2.29. The van der Waals surface area contributed by atoms with Crippen molar-refractivity contribution < 1.29 is 18.0 Å². The zero-order valence-electron chi connectivity index (χ0n) is 15.3. The van der Waals surface area contributed by atoms with E-state index in [1.54, 1.807) is 4.90 Å². The molecule has 1 N–H and O–H groups in total. The number of hydrogen-bond donors (Lipinski definition) is 1. The molecule has 0 radical (unpaired) electrons. The van der Waals surface area contributed by atoms with Gasteiger partial charge in [0.25, 0.3) is 11.8 Å². The van der Waals surface area contributed by atoms with Crippen LogP contribution < -0.4 is 5.32 Å². The summed E-state index contributed by atoms with van der Waals surface area (Å²) in [5.41, 5.74) is 2.89. The van der Waals surface area contributed by atoms with Crippen molar-refractivity contribution in [3.05, 3.63) is 65.0 Å². The van der Waals surface area contributed by atoms with E-state index in [1.807, 2.05) is 18.2 Å². The molecule has 1 aromatic carbocycles. The van der Waals surface area contributed by atoms with Crippen molar-refractivity contribution in [3.8, 4) is 0 Å². The number of hydrogen-bond acceptors (Lipinski definition) is 5. The van der Waals surface area contributed by atoms with Crippen LogP contribution >= 0.6 is 0 Å². The van der Waals surface area contributed by atoms with E-state index in [0.29, 0.717) is 25.1 Å². The normalized spacial score (nSPS) is 20.4. The van der Waals surface area contributed by atoms with E-state index >= 15 is 0 Å². The molecule has 7 nitrogen and oxygen atoms in total. The van der Waals surface area contributed by atoms with Crippen molar-refractivity contribution in [1.29, 1.82) is 0 Å². The van der Waals surface area contributed by atoms with Crippen LogP contribution in [-0.2, 0) is 22.8 Å². The van der Waals surface area contributed by atoms with Gasteiger partial charge in [0.05, 0.1) is 11.5 Å². The van der Waals surface area contributed by atoms with Gasteiger partial charge < -0.3 is 10.2 Å². The molecule has 1 unspecified atom stereocenters. The number of rotatable bonds is 3. The Morgan fingerprint density at radius 2 is 1.93 bits per heavy atom. The van der Waals surface area contributed by atoms with Crippen molar-refractivity contribution >= 4 is 21.7 Å². The molecule has 8 heteroatoms. The van der Waals surface area contributed by atoms with Gasteiger partial charge in [-0.15, -0.1) is 0 Å². The lowest BCUT2D eigenvalue weighted by molar-refractivity contribution is 0.0728. The molecule has 1 atom stereocenters. The van der Waals surface area contributed by atoms with Crippen molar-refractivity contribution in [2.75, 3.05) is 18.1 Å². The summed E-state index contributed by atoms with van der Waals surface area (Å²) in [5.74, 6) is -0.549. The minimum Gasteiger partial charge on any atom is -0.348 e. The maximum atomic E-state index is 12.9. The largest absolute Gasteiger partial charge is 0.348 e. The Kier molecular flexibility index (Phi) is 4.89. The van der Waals surface area contributed by atoms with Crippen LogP contribution in [0.15, 0.2) is 42.6 Å². The number of amides is 2. The molecule has 2 aromatic rings. The average molecular weight is 399 g/mol. The van der Waals surface area contributed by atoms with Crippen LogP contribution in [0, 0.1) is 0 Å². The first-order valence-electron chi connectivity index (χ1n) is 9.25. The van der Waals surface area contributed by atoms with Crippen molar-refractivity contribution in [2.24, 2.45) is 0 Å². The van der Waals surface area contributed by atoms with Gasteiger partial charge in [-0.3, -0.25) is 14.6 Å². The highest BCUT2D eigenvalue weighted by Crippen LogP contribution is 2.20. The zero-order valence-corrected chi connectivity index (χ0v) is 16.1. The number of nitrogens with one attached hydrogen (secondary N) is 1. The Morgan fingerprint density at radius 3 is 2.68 bits per heavy atom. The molecule has 0 spiro atoms. The predicted octanol–water partition coefficient (Wildman–Crippen LogP) is 1.20. The van der Waals surface area contributed by atoms with Gasteiger partial charge in [0.2, 0.25) is 0 Å². The molecule has 0 saturated carbocycles. The summed E-state index contributed by atoms with van der Waals surface area (Å²) in [7, 11) is -3.07. The molecular weight excluding hydrogens is 378 g/mol. The van der Waals surface area contributed by atoms with Crippen LogP contribution in [-0.4, -0.2) is 54.2 Å². The summed E-state index contributed by atoms with van der Waals surface area (Å²) in [6.07, 6.45) is 2.64. The quantitative estimate of drug-likeness (QED) is 0.837. The Balaban J connectivity index is 1.46.